The molecule has 14 nitrogen and oxygen atoms in total. The van der Waals surface area contributed by atoms with Crippen molar-refractivity contribution < 1.29 is 64.1 Å². The number of unbranched alkanes of at least 4 members (excludes halogenated alkanes) is 68. The molecule has 2 rings (SSSR count). The number of hydrogen-bond donors (Lipinski definition) is 0. The number of rotatable bonds is 90. The molecule has 0 bridgehead atoms. The number of allylic oxidation sites excluding steroid dienone is 8. The van der Waals surface area contributed by atoms with Crippen molar-refractivity contribution in [1.82, 2.24) is 0 Å². The fourth-order valence-electron chi connectivity index (χ4n) is 16.1. The molecule has 0 radical (unpaired) electrons. The molecule has 0 atom stereocenters. The van der Waals surface area contributed by atoms with E-state index >= 15 is 0 Å². The van der Waals surface area contributed by atoms with Crippen LogP contribution >= 0.6 is 0 Å². The number of benzene rings is 2. The van der Waals surface area contributed by atoms with Gasteiger partial charge in [0, 0.05) is 0 Å². The number of hydrogen-bond acceptors (Lipinski definition) is 14. The quantitative estimate of drug-likeness (QED) is 0.0150. The van der Waals surface area contributed by atoms with Crippen molar-refractivity contribution in [3.8, 4) is 0 Å². The average molecular weight is 1810 g/mol. The second-order valence-electron chi connectivity index (χ2n) is 35.6. The van der Waals surface area contributed by atoms with E-state index in [1.54, 1.807) is 0 Å². The SMILES string of the molecule is CCCCCCCCCC/C=C/CCCCCCCCCCCOC(=O)c1cccc(S(=O)(=O)[O-])c1C(=O)OCCCCCCCCCCC/C=C/CCCCCCCCCC.CCCCCCCCCC/C=C/CCCCCCCCCCCOC(=O)c1cccc(S(=O)(=O)[O-])c1C(=O)OCCCCCCCCCCC/C=C/CCCCCCCCCC.[Ca+2]. The first kappa shape index (κ1) is 121. The molecule has 0 spiro atoms. The molecule has 2 aromatic carbocycles. The van der Waals surface area contributed by atoms with Crippen LogP contribution in [0.3, 0.4) is 0 Å². The van der Waals surface area contributed by atoms with E-state index in [4.69, 9.17) is 18.9 Å². The molecule has 17 heteroatoms. The Morgan fingerprint density at radius 3 is 0.528 bits per heavy atom. The van der Waals surface area contributed by atoms with Gasteiger partial charge in [0.05, 0.1) is 58.5 Å². The van der Waals surface area contributed by atoms with E-state index in [1.807, 2.05) is 0 Å². The van der Waals surface area contributed by atoms with Crippen molar-refractivity contribution in [2.24, 2.45) is 0 Å². The van der Waals surface area contributed by atoms with Crippen molar-refractivity contribution >= 4 is 81.9 Å². The third-order valence-corrected chi connectivity index (χ3v) is 25.8. The zero-order chi connectivity index (χ0) is 90.1. The van der Waals surface area contributed by atoms with E-state index in [0.717, 1.165) is 89.2 Å². The molecular formula is C108H186CaO14S2. The van der Waals surface area contributed by atoms with Gasteiger partial charge in [-0.2, -0.15) is 0 Å². The van der Waals surface area contributed by atoms with Gasteiger partial charge < -0.3 is 28.1 Å². The molecule has 0 fully saturated rings. The van der Waals surface area contributed by atoms with E-state index in [0.29, 0.717) is 25.7 Å². The summed E-state index contributed by atoms with van der Waals surface area (Å²) < 4.78 is 93.9. The summed E-state index contributed by atoms with van der Waals surface area (Å²) in [6, 6.07) is 7.28. The molecule has 0 aliphatic carbocycles. The maximum Gasteiger partial charge on any atom is 2.00 e. The van der Waals surface area contributed by atoms with Gasteiger partial charge in [-0.25, -0.2) is 36.0 Å². The van der Waals surface area contributed by atoms with Crippen LogP contribution in [0.2, 0.25) is 0 Å². The van der Waals surface area contributed by atoms with Crippen LogP contribution in [0.5, 0.6) is 0 Å². The zero-order valence-corrected chi connectivity index (χ0v) is 84.7. The predicted molar refractivity (Wildman–Crippen MR) is 526 cm³/mol. The standard InChI is InChI=1S/2C54H94O7S.Ca/c2*1-3-5-7-9-11-13-15-17-19-21-23-25-27-29-31-33-35-37-39-41-43-48-60-53(55)50-46-45-47-51(62(57,58)59)52(50)54(56)61-49-44-42-40-38-36-34-32-30-28-26-24-22-20-18-16-14-12-10-8-6-4-2;/h2*21-24,45-47H,3-20,25-44,48-49H2,1-2H3,(H,57,58,59);/q;;+2/p-2/b2*23-21+,24-22+;. The largest absolute Gasteiger partial charge is 2.00 e. The summed E-state index contributed by atoms with van der Waals surface area (Å²) in [6.45, 7) is 9.57. The molecule has 0 aliphatic heterocycles. The summed E-state index contributed by atoms with van der Waals surface area (Å²) >= 11 is 0. The molecule has 2 aromatic rings. The van der Waals surface area contributed by atoms with E-state index in [9.17, 15) is 45.1 Å². The number of carbonyl (C=O) groups excluding carboxylic acids is 4. The van der Waals surface area contributed by atoms with Gasteiger partial charge in [-0.15, -0.1) is 0 Å². The minimum atomic E-state index is -5.02. The van der Waals surface area contributed by atoms with Gasteiger partial charge in [0.15, 0.2) is 0 Å². The minimum Gasteiger partial charge on any atom is -0.744 e. The van der Waals surface area contributed by atoms with E-state index < -0.39 is 65.0 Å². The number of esters is 4. The molecule has 0 unspecified atom stereocenters. The van der Waals surface area contributed by atoms with Gasteiger partial charge in [-0.1, -0.05) is 448 Å². The molecule has 716 valence electrons. The second kappa shape index (κ2) is 92.2. The smallest absolute Gasteiger partial charge is 0.744 e. The van der Waals surface area contributed by atoms with Gasteiger partial charge in [0.1, 0.15) is 20.2 Å². The van der Waals surface area contributed by atoms with Gasteiger partial charge in [0.2, 0.25) is 0 Å². The van der Waals surface area contributed by atoms with Crippen molar-refractivity contribution in [3.05, 3.63) is 107 Å². The van der Waals surface area contributed by atoms with Crippen molar-refractivity contribution in [1.29, 1.82) is 0 Å². The van der Waals surface area contributed by atoms with E-state index in [2.05, 4.69) is 76.3 Å². The molecule has 0 aromatic heterocycles. The zero-order valence-electron chi connectivity index (χ0n) is 80.9. The average Bonchev–Trinajstić information content (AvgIpc) is 0.795. The molecule has 0 N–H and O–H groups in total. The summed E-state index contributed by atoms with van der Waals surface area (Å²) in [6.07, 6.45) is 112. The summed E-state index contributed by atoms with van der Waals surface area (Å²) in [4.78, 5) is 50.6. The fourth-order valence-corrected chi connectivity index (χ4v) is 17.5. The number of ether oxygens (including phenoxy) is 4. The Morgan fingerprint density at radius 1 is 0.224 bits per heavy atom. The molecular weight excluding hydrogens is 1630 g/mol. The Hall–Kier alpha value is -3.64. The first-order valence-electron chi connectivity index (χ1n) is 52.1. The van der Waals surface area contributed by atoms with Crippen molar-refractivity contribution in [3.63, 3.8) is 0 Å². The Balaban J connectivity index is 0.00000244. The van der Waals surface area contributed by atoms with Gasteiger partial charge >= 0.3 is 61.6 Å². The normalized spacial score (nSPS) is 11.8. The Morgan fingerprint density at radius 2 is 0.368 bits per heavy atom. The Kier molecular flexibility index (Phi) is 89.5. The summed E-state index contributed by atoms with van der Waals surface area (Å²) in [7, 11) is -10.0. The summed E-state index contributed by atoms with van der Waals surface area (Å²) in [5.41, 5.74) is -1.55. The maximum atomic E-state index is 13.1. The van der Waals surface area contributed by atoms with Crippen LogP contribution < -0.4 is 0 Å². The molecule has 0 saturated carbocycles. The molecule has 0 heterocycles. The Labute approximate surface area is 798 Å². The monoisotopic (exact) mass is 1810 g/mol. The van der Waals surface area contributed by atoms with Gasteiger partial charge in [-0.3, -0.25) is 0 Å². The predicted octanol–water partition coefficient (Wildman–Crippen LogP) is 33.4. The third kappa shape index (κ3) is 76.6. The molecule has 0 saturated heterocycles. The van der Waals surface area contributed by atoms with Gasteiger partial charge in [-0.05, 0) is 153 Å². The van der Waals surface area contributed by atoms with Crippen LogP contribution in [0.15, 0.2) is 94.8 Å². The van der Waals surface area contributed by atoms with Crippen LogP contribution in [-0.4, -0.2) is 114 Å². The van der Waals surface area contributed by atoms with Crippen molar-refractivity contribution in [2.75, 3.05) is 26.4 Å². The number of carbonyl (C=O) groups is 4. The summed E-state index contributed by atoms with van der Waals surface area (Å²) in [5.74, 6) is -3.62. The maximum absolute atomic E-state index is 13.1. The Bertz CT molecular complexity index is 2950. The fraction of sp³-hybridized carbons (Fsp3) is 0.778. The molecule has 125 heavy (non-hydrogen) atoms. The minimum absolute atomic E-state index is 0. The van der Waals surface area contributed by atoms with E-state index in [-0.39, 0.29) is 75.3 Å². The van der Waals surface area contributed by atoms with Crippen LogP contribution in [0.4, 0.5) is 0 Å². The molecule has 0 aliphatic rings. The first-order chi connectivity index (χ1) is 60.6. The van der Waals surface area contributed by atoms with Crippen molar-refractivity contribution in [2.45, 2.75) is 525 Å². The second-order valence-corrected chi connectivity index (χ2v) is 38.3. The topological polar surface area (TPSA) is 220 Å². The third-order valence-electron chi connectivity index (χ3n) is 24.0. The van der Waals surface area contributed by atoms with Crippen LogP contribution in [-0.2, 0) is 39.2 Å². The van der Waals surface area contributed by atoms with Crippen LogP contribution in [0.25, 0.3) is 0 Å². The van der Waals surface area contributed by atoms with Crippen LogP contribution in [0, 0.1) is 0 Å². The van der Waals surface area contributed by atoms with Gasteiger partial charge in [0.25, 0.3) is 0 Å². The first-order valence-corrected chi connectivity index (χ1v) is 54.9. The molecule has 0 amide bonds. The summed E-state index contributed by atoms with van der Waals surface area (Å²) in [5, 5.41) is 0. The van der Waals surface area contributed by atoms with Crippen LogP contribution in [0.1, 0.15) is 557 Å². The van der Waals surface area contributed by atoms with E-state index in [1.165, 1.54) is 410 Å².